The van der Waals surface area contributed by atoms with Crippen LogP contribution in [-0.2, 0) is 4.79 Å². The summed E-state index contributed by atoms with van der Waals surface area (Å²) in [5, 5.41) is 8.19. The molecule has 0 atom stereocenters. The van der Waals surface area contributed by atoms with Crippen molar-refractivity contribution >= 4 is 50.8 Å². The summed E-state index contributed by atoms with van der Waals surface area (Å²) in [6.45, 7) is 1.83. The van der Waals surface area contributed by atoms with Gasteiger partial charge in [0.25, 0.3) is 5.91 Å². The molecule has 2 aromatic heterocycles. The highest BCUT2D eigenvalue weighted by atomic mass is 32.1. The fourth-order valence-electron chi connectivity index (χ4n) is 3.01. The van der Waals surface area contributed by atoms with E-state index in [1.165, 1.54) is 48.0 Å². The first-order chi connectivity index (χ1) is 16.4. The number of methoxy groups -OCH3 is 1. The number of hydrogen-bond acceptors (Lipinski definition) is 7. The molecule has 0 saturated carbocycles. The van der Waals surface area contributed by atoms with Crippen LogP contribution in [0.1, 0.15) is 21.6 Å². The Balaban J connectivity index is 1.43. The lowest BCUT2D eigenvalue weighted by Crippen LogP contribution is -2.12. The van der Waals surface area contributed by atoms with E-state index in [1.807, 2.05) is 12.3 Å². The van der Waals surface area contributed by atoms with E-state index in [0.29, 0.717) is 38.5 Å². The highest BCUT2D eigenvalue weighted by Crippen LogP contribution is 2.35. The molecular formula is C24H19FN4O3S2. The smallest absolute Gasteiger partial charge is 0.261 e. The van der Waals surface area contributed by atoms with Crippen LogP contribution in [0.25, 0.3) is 16.6 Å². The first-order valence-electron chi connectivity index (χ1n) is 10.1. The molecule has 0 spiro atoms. The number of thiazole rings is 2. The predicted molar refractivity (Wildman–Crippen MR) is 133 cm³/mol. The Morgan fingerprint density at radius 2 is 1.79 bits per heavy atom. The molecule has 172 valence electrons. The lowest BCUT2D eigenvalue weighted by molar-refractivity contribution is -0.111. The van der Waals surface area contributed by atoms with E-state index in [2.05, 4.69) is 20.6 Å². The molecule has 0 saturated heterocycles. The van der Waals surface area contributed by atoms with E-state index in [4.69, 9.17) is 4.74 Å². The lowest BCUT2D eigenvalue weighted by atomic mass is 10.2. The van der Waals surface area contributed by atoms with Crippen LogP contribution in [0.5, 0.6) is 5.75 Å². The molecule has 4 rings (SSSR count). The minimum Gasteiger partial charge on any atom is -0.496 e. The van der Waals surface area contributed by atoms with E-state index >= 15 is 0 Å². The fourth-order valence-corrected chi connectivity index (χ4v) is 4.71. The number of aryl methyl sites for hydroxylation is 1. The SMILES string of the molecule is COc1ccccc1C(=O)Nc1nc(C)c(-c2csc(NC(=O)/C=C/c3ccc(F)cc3)n2)s1. The van der Waals surface area contributed by atoms with Crippen molar-refractivity contribution in [3.8, 4) is 16.3 Å². The monoisotopic (exact) mass is 494 g/mol. The zero-order valence-electron chi connectivity index (χ0n) is 18.2. The summed E-state index contributed by atoms with van der Waals surface area (Å²) in [6, 6.07) is 12.8. The van der Waals surface area contributed by atoms with Crippen LogP contribution in [-0.4, -0.2) is 28.9 Å². The number of carbonyl (C=O) groups is 2. The van der Waals surface area contributed by atoms with E-state index in [9.17, 15) is 14.0 Å². The van der Waals surface area contributed by atoms with Gasteiger partial charge >= 0.3 is 0 Å². The fraction of sp³-hybridized carbons (Fsp3) is 0.0833. The molecule has 0 bridgehead atoms. The van der Waals surface area contributed by atoms with E-state index in [0.717, 1.165) is 4.88 Å². The molecule has 0 aliphatic rings. The summed E-state index contributed by atoms with van der Waals surface area (Å²) >= 11 is 2.57. The molecule has 10 heteroatoms. The number of benzene rings is 2. The molecule has 2 aromatic carbocycles. The van der Waals surface area contributed by atoms with Crippen LogP contribution in [0.4, 0.5) is 14.7 Å². The molecule has 4 aromatic rings. The van der Waals surface area contributed by atoms with Crippen LogP contribution >= 0.6 is 22.7 Å². The Morgan fingerprint density at radius 1 is 1.03 bits per heavy atom. The molecule has 0 aliphatic carbocycles. The summed E-state index contributed by atoms with van der Waals surface area (Å²) in [6.07, 6.45) is 2.95. The van der Waals surface area contributed by atoms with Gasteiger partial charge < -0.3 is 4.74 Å². The number of hydrogen-bond donors (Lipinski definition) is 2. The van der Waals surface area contributed by atoms with Crippen molar-refractivity contribution in [2.75, 3.05) is 17.7 Å². The van der Waals surface area contributed by atoms with Crippen molar-refractivity contribution in [3.63, 3.8) is 0 Å². The Kier molecular flexibility index (Phi) is 7.09. The van der Waals surface area contributed by atoms with E-state index in [-0.39, 0.29) is 17.6 Å². The molecule has 0 radical (unpaired) electrons. The number of halogens is 1. The Labute approximate surface area is 203 Å². The molecule has 34 heavy (non-hydrogen) atoms. The third kappa shape index (κ3) is 5.53. The maximum atomic E-state index is 13.0. The number of anilines is 2. The van der Waals surface area contributed by atoms with Gasteiger partial charge in [-0.15, -0.1) is 11.3 Å². The third-order valence-electron chi connectivity index (χ3n) is 4.63. The zero-order valence-corrected chi connectivity index (χ0v) is 19.8. The van der Waals surface area contributed by atoms with Gasteiger partial charge in [-0.1, -0.05) is 35.6 Å². The van der Waals surface area contributed by atoms with Gasteiger partial charge in [-0.2, -0.15) is 0 Å². The van der Waals surface area contributed by atoms with E-state index in [1.54, 1.807) is 42.5 Å². The van der Waals surface area contributed by atoms with Gasteiger partial charge in [-0.3, -0.25) is 20.2 Å². The number of nitrogens with one attached hydrogen (secondary N) is 2. The molecule has 2 N–H and O–H groups in total. The summed E-state index contributed by atoms with van der Waals surface area (Å²) < 4.78 is 18.2. The maximum Gasteiger partial charge on any atom is 0.261 e. The highest BCUT2D eigenvalue weighted by molar-refractivity contribution is 7.20. The standard InChI is InChI=1S/C24H19FN4O3S2/c1-14-21(34-24(26-14)29-22(31)17-5-3-4-6-19(17)32-2)18-13-33-23(27-18)28-20(30)12-9-15-7-10-16(25)11-8-15/h3-13H,1-2H3,(H,26,29,31)(H,27,28,30)/b12-9+. The second-order valence-electron chi connectivity index (χ2n) is 7.00. The molecule has 0 unspecified atom stereocenters. The van der Waals surface area contributed by atoms with Crippen LogP contribution < -0.4 is 15.4 Å². The third-order valence-corrected chi connectivity index (χ3v) is 6.49. The van der Waals surface area contributed by atoms with Gasteiger partial charge in [0.1, 0.15) is 11.6 Å². The summed E-state index contributed by atoms with van der Waals surface area (Å²) in [4.78, 5) is 34.5. The number of amides is 2. The first-order valence-corrected chi connectivity index (χ1v) is 11.7. The number of aromatic nitrogens is 2. The maximum absolute atomic E-state index is 13.0. The highest BCUT2D eigenvalue weighted by Gasteiger charge is 2.17. The predicted octanol–water partition coefficient (Wildman–Crippen LogP) is 5.63. The van der Waals surface area contributed by atoms with Crippen LogP contribution in [0, 0.1) is 12.7 Å². The Bertz CT molecular complexity index is 1360. The quantitative estimate of drug-likeness (QED) is 0.325. The summed E-state index contributed by atoms with van der Waals surface area (Å²) in [5.41, 5.74) is 2.47. The van der Waals surface area contributed by atoms with Crippen molar-refractivity contribution in [1.82, 2.24) is 9.97 Å². The second kappa shape index (κ2) is 10.4. The number of ether oxygens (including phenoxy) is 1. The molecule has 2 heterocycles. The lowest BCUT2D eigenvalue weighted by Gasteiger charge is -2.06. The van der Waals surface area contributed by atoms with Crippen LogP contribution in [0.3, 0.4) is 0 Å². The van der Waals surface area contributed by atoms with Gasteiger partial charge in [0.2, 0.25) is 5.91 Å². The Morgan fingerprint density at radius 3 is 2.56 bits per heavy atom. The average Bonchev–Trinajstić information content (AvgIpc) is 3.44. The number of carbonyl (C=O) groups excluding carboxylic acids is 2. The number of para-hydroxylation sites is 1. The number of nitrogens with zero attached hydrogens (tertiary/aromatic N) is 2. The van der Waals surface area contributed by atoms with Crippen molar-refractivity contribution < 1.29 is 18.7 Å². The van der Waals surface area contributed by atoms with Gasteiger partial charge in [0, 0.05) is 11.5 Å². The number of rotatable bonds is 7. The molecule has 2 amide bonds. The molecule has 0 aliphatic heterocycles. The van der Waals surface area contributed by atoms with E-state index < -0.39 is 0 Å². The van der Waals surface area contributed by atoms with Crippen molar-refractivity contribution in [3.05, 3.63) is 82.6 Å². The first kappa shape index (κ1) is 23.3. The van der Waals surface area contributed by atoms with Crippen molar-refractivity contribution in [2.45, 2.75) is 6.92 Å². The zero-order chi connectivity index (χ0) is 24.1. The molecule has 0 fully saturated rings. The molecular weight excluding hydrogens is 475 g/mol. The van der Waals surface area contributed by atoms with Gasteiger partial charge in [0.05, 0.1) is 28.9 Å². The van der Waals surface area contributed by atoms with Gasteiger partial charge in [0.15, 0.2) is 10.3 Å². The van der Waals surface area contributed by atoms with Gasteiger partial charge in [-0.25, -0.2) is 14.4 Å². The summed E-state index contributed by atoms with van der Waals surface area (Å²) in [7, 11) is 1.51. The molecule has 7 nitrogen and oxygen atoms in total. The van der Waals surface area contributed by atoms with Crippen LogP contribution in [0.2, 0.25) is 0 Å². The van der Waals surface area contributed by atoms with Crippen molar-refractivity contribution in [1.29, 1.82) is 0 Å². The van der Waals surface area contributed by atoms with Crippen molar-refractivity contribution in [2.24, 2.45) is 0 Å². The minimum atomic E-state index is -0.351. The average molecular weight is 495 g/mol. The second-order valence-corrected chi connectivity index (χ2v) is 8.86. The summed E-state index contributed by atoms with van der Waals surface area (Å²) in [5.74, 6) is -0.535. The van der Waals surface area contributed by atoms with Gasteiger partial charge in [-0.05, 0) is 42.8 Å². The van der Waals surface area contributed by atoms with Crippen LogP contribution in [0.15, 0.2) is 60.0 Å². The Hall–Kier alpha value is -3.89. The largest absolute Gasteiger partial charge is 0.496 e. The topological polar surface area (TPSA) is 93.2 Å². The minimum absolute atomic E-state index is 0.322. The normalized spacial score (nSPS) is 10.9.